The Morgan fingerprint density at radius 3 is 2.63 bits per heavy atom. The summed E-state index contributed by atoms with van der Waals surface area (Å²) in [5, 5.41) is 13.6. The first-order valence-corrected chi connectivity index (χ1v) is 6.12. The number of urea groups is 1. The highest BCUT2D eigenvalue weighted by molar-refractivity contribution is 5.91. The highest BCUT2D eigenvalue weighted by atomic mass is 19.1. The van der Waals surface area contributed by atoms with Crippen LogP contribution in [0.2, 0.25) is 0 Å². The molecule has 1 rings (SSSR count). The molecule has 5 nitrogen and oxygen atoms in total. The number of hydrogen-bond donors (Lipinski definition) is 3. The van der Waals surface area contributed by atoms with Crippen LogP contribution in [0, 0.1) is 5.82 Å². The number of nitrogens with one attached hydrogen (secondary N) is 2. The van der Waals surface area contributed by atoms with Crippen LogP contribution >= 0.6 is 0 Å². The Kier molecular flexibility index (Phi) is 5.78. The first-order valence-electron chi connectivity index (χ1n) is 6.12. The number of anilines is 1. The molecule has 0 aliphatic carbocycles. The van der Waals surface area contributed by atoms with E-state index < -0.39 is 17.8 Å². The van der Waals surface area contributed by atoms with Crippen LogP contribution in [0.3, 0.4) is 0 Å². The highest BCUT2D eigenvalue weighted by Gasteiger charge is 2.10. The monoisotopic (exact) mass is 268 g/mol. The maximum atomic E-state index is 13.5. The summed E-state index contributed by atoms with van der Waals surface area (Å²) in [5.74, 6) is -1.99. The molecule has 104 valence electrons. The number of unbranched alkanes of at least 4 members (excludes halogenated alkanes) is 2. The van der Waals surface area contributed by atoms with Gasteiger partial charge in [-0.1, -0.05) is 19.8 Å². The lowest BCUT2D eigenvalue weighted by atomic mass is 10.2. The molecule has 0 aromatic heterocycles. The minimum Gasteiger partial charge on any atom is -0.478 e. The Morgan fingerprint density at radius 1 is 1.32 bits per heavy atom. The van der Waals surface area contributed by atoms with Gasteiger partial charge < -0.3 is 15.7 Å². The van der Waals surface area contributed by atoms with Crippen molar-refractivity contribution in [3.63, 3.8) is 0 Å². The van der Waals surface area contributed by atoms with Crippen LogP contribution in [-0.4, -0.2) is 23.7 Å². The van der Waals surface area contributed by atoms with E-state index in [-0.39, 0.29) is 11.3 Å². The molecule has 0 unspecified atom stereocenters. The van der Waals surface area contributed by atoms with Crippen molar-refractivity contribution in [1.29, 1.82) is 0 Å². The Hall–Kier alpha value is -2.11. The van der Waals surface area contributed by atoms with Crippen molar-refractivity contribution in [2.45, 2.75) is 26.2 Å². The standard InChI is InChI=1S/C13H17FN2O3/c1-2-3-4-7-15-13(19)16-11-6-5-9(12(17)18)8-10(11)14/h5-6,8H,2-4,7H2,1H3,(H,17,18)(H2,15,16,19). The molecule has 0 fully saturated rings. The molecule has 0 bridgehead atoms. The van der Waals surface area contributed by atoms with Crippen molar-refractivity contribution in [2.75, 3.05) is 11.9 Å². The third kappa shape index (κ3) is 4.95. The maximum Gasteiger partial charge on any atom is 0.335 e. The van der Waals surface area contributed by atoms with Gasteiger partial charge in [0.2, 0.25) is 0 Å². The zero-order valence-electron chi connectivity index (χ0n) is 10.7. The van der Waals surface area contributed by atoms with Crippen molar-refractivity contribution >= 4 is 17.7 Å². The number of carboxylic acid groups (broad SMARTS) is 1. The van der Waals surface area contributed by atoms with Crippen LogP contribution in [0.1, 0.15) is 36.5 Å². The van der Waals surface area contributed by atoms with Gasteiger partial charge in [0.1, 0.15) is 5.82 Å². The fraction of sp³-hybridized carbons (Fsp3) is 0.385. The van der Waals surface area contributed by atoms with Crippen molar-refractivity contribution in [1.82, 2.24) is 5.32 Å². The van der Waals surface area contributed by atoms with Crippen LogP contribution in [0.25, 0.3) is 0 Å². The van der Waals surface area contributed by atoms with Crippen molar-refractivity contribution in [3.05, 3.63) is 29.6 Å². The third-order valence-corrected chi connectivity index (χ3v) is 2.53. The predicted molar refractivity (Wildman–Crippen MR) is 69.9 cm³/mol. The van der Waals surface area contributed by atoms with E-state index in [1.54, 1.807) is 0 Å². The zero-order valence-corrected chi connectivity index (χ0v) is 10.7. The van der Waals surface area contributed by atoms with E-state index in [4.69, 9.17) is 5.11 Å². The maximum absolute atomic E-state index is 13.5. The molecule has 6 heteroatoms. The zero-order chi connectivity index (χ0) is 14.3. The van der Waals surface area contributed by atoms with E-state index in [9.17, 15) is 14.0 Å². The Labute approximate surface area is 110 Å². The van der Waals surface area contributed by atoms with Gasteiger partial charge in [0.05, 0.1) is 11.3 Å². The van der Waals surface area contributed by atoms with E-state index in [2.05, 4.69) is 17.6 Å². The van der Waals surface area contributed by atoms with Gasteiger partial charge in [-0.25, -0.2) is 14.0 Å². The molecule has 0 spiro atoms. The number of halogens is 1. The molecule has 19 heavy (non-hydrogen) atoms. The summed E-state index contributed by atoms with van der Waals surface area (Å²) in [4.78, 5) is 22.1. The van der Waals surface area contributed by atoms with Crippen LogP contribution in [0.4, 0.5) is 14.9 Å². The van der Waals surface area contributed by atoms with Gasteiger partial charge in [0.25, 0.3) is 0 Å². The summed E-state index contributed by atoms with van der Waals surface area (Å²) in [7, 11) is 0. The minimum atomic E-state index is -1.21. The Bertz CT molecular complexity index is 463. The van der Waals surface area contributed by atoms with Gasteiger partial charge in [-0.3, -0.25) is 0 Å². The van der Waals surface area contributed by atoms with Gasteiger partial charge >= 0.3 is 12.0 Å². The third-order valence-electron chi connectivity index (χ3n) is 2.53. The topological polar surface area (TPSA) is 78.4 Å². The molecule has 0 radical (unpaired) electrons. The van der Waals surface area contributed by atoms with Crippen LogP contribution in [-0.2, 0) is 0 Å². The van der Waals surface area contributed by atoms with Gasteiger partial charge in [0.15, 0.2) is 0 Å². The molecular weight excluding hydrogens is 251 g/mol. The normalized spacial score (nSPS) is 10.0. The summed E-state index contributed by atoms with van der Waals surface area (Å²) in [6, 6.07) is 2.83. The van der Waals surface area contributed by atoms with E-state index in [0.29, 0.717) is 6.54 Å². The van der Waals surface area contributed by atoms with Crippen molar-refractivity contribution in [2.24, 2.45) is 0 Å². The largest absolute Gasteiger partial charge is 0.478 e. The van der Waals surface area contributed by atoms with Gasteiger partial charge in [-0.2, -0.15) is 0 Å². The van der Waals surface area contributed by atoms with Crippen LogP contribution in [0.15, 0.2) is 18.2 Å². The lowest BCUT2D eigenvalue weighted by Gasteiger charge is -2.08. The fourth-order valence-corrected chi connectivity index (χ4v) is 1.49. The number of carboxylic acids is 1. The number of carbonyl (C=O) groups is 2. The van der Waals surface area contributed by atoms with E-state index in [0.717, 1.165) is 25.3 Å². The second-order valence-corrected chi connectivity index (χ2v) is 4.09. The molecule has 0 aliphatic rings. The fourth-order valence-electron chi connectivity index (χ4n) is 1.49. The summed E-state index contributed by atoms with van der Waals surface area (Å²) in [6.07, 6.45) is 2.93. The second-order valence-electron chi connectivity index (χ2n) is 4.09. The molecule has 0 atom stereocenters. The molecule has 1 aromatic rings. The van der Waals surface area contributed by atoms with Gasteiger partial charge in [-0.05, 0) is 24.6 Å². The van der Waals surface area contributed by atoms with Crippen LogP contribution < -0.4 is 10.6 Å². The molecule has 1 aromatic carbocycles. The average molecular weight is 268 g/mol. The van der Waals surface area contributed by atoms with Crippen molar-refractivity contribution < 1.29 is 19.1 Å². The lowest BCUT2D eigenvalue weighted by molar-refractivity contribution is 0.0696. The molecule has 0 saturated carbocycles. The molecule has 0 heterocycles. The molecular formula is C13H17FN2O3. The number of carbonyl (C=O) groups excluding carboxylic acids is 1. The smallest absolute Gasteiger partial charge is 0.335 e. The average Bonchev–Trinajstić information content (AvgIpc) is 2.37. The summed E-state index contributed by atoms with van der Waals surface area (Å²) in [5.41, 5.74) is -0.204. The summed E-state index contributed by atoms with van der Waals surface area (Å²) < 4.78 is 13.5. The molecule has 0 aliphatic heterocycles. The summed E-state index contributed by atoms with van der Waals surface area (Å²) >= 11 is 0. The SMILES string of the molecule is CCCCCNC(=O)Nc1ccc(C(=O)O)cc1F. The first kappa shape index (κ1) is 14.9. The quantitative estimate of drug-likeness (QED) is 0.694. The summed E-state index contributed by atoms with van der Waals surface area (Å²) in [6.45, 7) is 2.58. The molecule has 0 saturated heterocycles. The van der Waals surface area contributed by atoms with Crippen molar-refractivity contribution in [3.8, 4) is 0 Å². The predicted octanol–water partition coefficient (Wildman–Crippen LogP) is 2.84. The van der Waals surface area contributed by atoms with E-state index in [1.165, 1.54) is 12.1 Å². The number of amides is 2. The second kappa shape index (κ2) is 7.35. The number of aromatic carboxylic acids is 1. The van der Waals surface area contributed by atoms with Gasteiger partial charge in [0, 0.05) is 6.54 Å². The molecule has 2 amide bonds. The lowest BCUT2D eigenvalue weighted by Crippen LogP contribution is -2.29. The Balaban J connectivity index is 2.52. The molecule has 3 N–H and O–H groups in total. The van der Waals surface area contributed by atoms with Gasteiger partial charge in [-0.15, -0.1) is 0 Å². The van der Waals surface area contributed by atoms with E-state index >= 15 is 0 Å². The minimum absolute atomic E-state index is 0.0435. The first-order chi connectivity index (χ1) is 9.04. The number of rotatable bonds is 6. The highest BCUT2D eigenvalue weighted by Crippen LogP contribution is 2.15. The van der Waals surface area contributed by atoms with E-state index in [1.807, 2.05) is 0 Å². The Morgan fingerprint density at radius 2 is 2.05 bits per heavy atom. The number of hydrogen-bond acceptors (Lipinski definition) is 2. The number of benzene rings is 1. The van der Waals surface area contributed by atoms with Crippen LogP contribution in [0.5, 0.6) is 0 Å².